The molecule has 0 amide bonds. The van der Waals surface area contributed by atoms with Gasteiger partial charge in [-0.2, -0.15) is 9.97 Å². The van der Waals surface area contributed by atoms with Gasteiger partial charge in [-0.25, -0.2) is 4.98 Å². The normalized spacial score (nSPS) is 11.9. The first-order chi connectivity index (χ1) is 28.3. The predicted molar refractivity (Wildman–Crippen MR) is 234 cm³/mol. The predicted octanol–water partition coefficient (Wildman–Crippen LogP) is 12.5. The number of aromatic nitrogens is 6. The highest BCUT2D eigenvalue weighted by Crippen LogP contribution is 2.41. The van der Waals surface area contributed by atoms with E-state index in [1.54, 1.807) is 0 Å². The third-order valence-corrected chi connectivity index (χ3v) is 11.3. The minimum atomic E-state index is 0.580. The summed E-state index contributed by atoms with van der Waals surface area (Å²) < 4.78 is 6.91. The summed E-state index contributed by atoms with van der Waals surface area (Å²) in [5.41, 5.74) is 9.74. The Morgan fingerprint density at radius 3 is 1.53 bits per heavy atom. The third kappa shape index (κ3) is 4.81. The Kier molecular flexibility index (Phi) is 6.83. The smallest absolute Gasteiger partial charge is 0.238 e. The van der Waals surface area contributed by atoms with E-state index in [0.717, 1.165) is 44.3 Å². The van der Waals surface area contributed by atoms with Gasteiger partial charge in [0.25, 0.3) is 0 Å². The average Bonchev–Trinajstić information content (AvgIpc) is 3.98. The molecule has 0 aliphatic rings. The summed E-state index contributed by atoms with van der Waals surface area (Å²) in [6.07, 6.45) is 2.18. The topological polar surface area (TPSA) is 53.5 Å². The molecule has 0 fully saturated rings. The highest BCUT2D eigenvalue weighted by Gasteiger charge is 2.21. The lowest BCUT2D eigenvalue weighted by Crippen LogP contribution is -2.06. The Balaban J connectivity index is 1.11. The van der Waals surface area contributed by atoms with Gasteiger partial charge in [0.2, 0.25) is 5.95 Å². The molecular weight excluding hydrogens is 697 g/mol. The van der Waals surface area contributed by atoms with Crippen LogP contribution in [0.1, 0.15) is 0 Å². The molecule has 4 aromatic heterocycles. The van der Waals surface area contributed by atoms with E-state index in [2.05, 4.69) is 147 Å². The van der Waals surface area contributed by atoms with Gasteiger partial charge < -0.3 is 9.13 Å². The van der Waals surface area contributed by atoms with Crippen LogP contribution in [0.25, 0.3) is 105 Å². The Labute approximate surface area is 327 Å². The van der Waals surface area contributed by atoms with Crippen LogP contribution in [0.4, 0.5) is 0 Å². The lowest BCUT2D eigenvalue weighted by Gasteiger charge is -2.13. The number of nitrogens with zero attached hydrogens (tertiary/aromatic N) is 6. The molecule has 4 heterocycles. The van der Waals surface area contributed by atoms with E-state index in [1.807, 2.05) is 60.7 Å². The van der Waals surface area contributed by atoms with Crippen LogP contribution in [0.15, 0.2) is 194 Å². The average molecular weight is 729 g/mol. The van der Waals surface area contributed by atoms with E-state index >= 15 is 0 Å². The minimum Gasteiger partial charge on any atom is -0.317 e. The molecule has 0 unspecified atom stereocenters. The Hall–Kier alpha value is -7.83. The zero-order valence-electron chi connectivity index (χ0n) is 30.7. The number of rotatable bonds is 5. The van der Waals surface area contributed by atoms with Gasteiger partial charge in [-0.15, -0.1) is 0 Å². The van der Waals surface area contributed by atoms with Crippen molar-refractivity contribution in [1.82, 2.24) is 28.7 Å². The highest BCUT2D eigenvalue weighted by atomic mass is 15.2. The van der Waals surface area contributed by atoms with Crippen LogP contribution in [-0.2, 0) is 0 Å². The molecule has 6 nitrogen and oxygen atoms in total. The van der Waals surface area contributed by atoms with E-state index in [9.17, 15) is 0 Å². The fourth-order valence-corrected chi connectivity index (χ4v) is 8.79. The summed E-state index contributed by atoms with van der Waals surface area (Å²) in [7, 11) is 0. The molecule has 0 N–H and O–H groups in total. The van der Waals surface area contributed by atoms with Gasteiger partial charge in [0.15, 0.2) is 11.6 Å². The summed E-state index contributed by atoms with van der Waals surface area (Å²) >= 11 is 0. The number of para-hydroxylation sites is 3. The van der Waals surface area contributed by atoms with Crippen LogP contribution in [0.5, 0.6) is 0 Å². The molecule has 0 radical (unpaired) electrons. The largest absolute Gasteiger partial charge is 0.317 e. The van der Waals surface area contributed by atoms with Crippen molar-refractivity contribution in [2.75, 3.05) is 0 Å². The van der Waals surface area contributed by atoms with Crippen LogP contribution < -0.4 is 0 Å². The van der Waals surface area contributed by atoms with Crippen LogP contribution in [0.3, 0.4) is 0 Å². The van der Waals surface area contributed by atoms with Crippen molar-refractivity contribution in [2.24, 2.45) is 0 Å². The van der Waals surface area contributed by atoms with Gasteiger partial charge in [-0.3, -0.25) is 4.57 Å². The molecular formula is C51H32N6. The molecule has 0 aliphatic heterocycles. The molecule has 0 saturated heterocycles. The summed E-state index contributed by atoms with van der Waals surface area (Å²) in [5.74, 6) is 1.84. The second-order valence-corrected chi connectivity index (χ2v) is 14.5. The Bertz CT molecular complexity index is 3450. The summed E-state index contributed by atoms with van der Waals surface area (Å²) in [6.45, 7) is 0. The van der Waals surface area contributed by atoms with Gasteiger partial charge in [0.05, 0.1) is 27.6 Å². The second kappa shape index (κ2) is 12.3. The van der Waals surface area contributed by atoms with Crippen LogP contribution >= 0.6 is 0 Å². The molecule has 6 heteroatoms. The van der Waals surface area contributed by atoms with Gasteiger partial charge in [-0.05, 0) is 60.0 Å². The first-order valence-corrected chi connectivity index (χ1v) is 19.2. The molecule has 57 heavy (non-hydrogen) atoms. The molecule has 0 atom stereocenters. The molecule has 8 aromatic carbocycles. The van der Waals surface area contributed by atoms with Gasteiger partial charge >= 0.3 is 0 Å². The molecule has 266 valence electrons. The fraction of sp³-hybridized carbons (Fsp3) is 0. The van der Waals surface area contributed by atoms with Crippen LogP contribution in [0.2, 0.25) is 0 Å². The maximum Gasteiger partial charge on any atom is 0.238 e. The van der Waals surface area contributed by atoms with Crippen molar-refractivity contribution in [3.63, 3.8) is 0 Å². The number of fused-ring (bicyclic) bond motifs is 10. The molecule has 0 aliphatic carbocycles. The zero-order valence-corrected chi connectivity index (χ0v) is 30.7. The van der Waals surface area contributed by atoms with Crippen LogP contribution in [-0.4, -0.2) is 28.7 Å². The van der Waals surface area contributed by atoms with Gasteiger partial charge in [0.1, 0.15) is 0 Å². The van der Waals surface area contributed by atoms with Crippen molar-refractivity contribution in [2.45, 2.75) is 0 Å². The standard InChI is InChI=1S/C51H32N6/c1-4-14-33(15-5-1)49-52-50(34-16-6-2-7-17-34)54-51(53-49)57-46-23-13-11-21-39(46)43-32-36(24-28-47(43)57)56-45-22-12-10-20-38(45)42-26-25-37-40-30-31-55(35-18-8-3-9-19-35)44(40)29-27-41(37)48(42)56/h1-32H. The molecule has 0 saturated carbocycles. The maximum atomic E-state index is 5.14. The van der Waals surface area contributed by atoms with Crippen molar-refractivity contribution >= 4 is 65.3 Å². The van der Waals surface area contributed by atoms with E-state index in [1.165, 1.54) is 43.5 Å². The zero-order chi connectivity index (χ0) is 37.5. The van der Waals surface area contributed by atoms with Gasteiger partial charge in [-0.1, -0.05) is 133 Å². The summed E-state index contributed by atoms with van der Waals surface area (Å²) in [4.78, 5) is 15.2. The third-order valence-electron chi connectivity index (χ3n) is 11.3. The quantitative estimate of drug-likeness (QED) is 0.177. The second-order valence-electron chi connectivity index (χ2n) is 14.5. The number of hydrogen-bond acceptors (Lipinski definition) is 3. The van der Waals surface area contributed by atoms with E-state index in [0.29, 0.717) is 17.6 Å². The Morgan fingerprint density at radius 2 is 0.825 bits per heavy atom. The fourth-order valence-electron chi connectivity index (χ4n) is 8.79. The Morgan fingerprint density at radius 1 is 0.316 bits per heavy atom. The monoisotopic (exact) mass is 728 g/mol. The van der Waals surface area contributed by atoms with Crippen molar-refractivity contribution in [1.29, 1.82) is 0 Å². The van der Waals surface area contributed by atoms with Gasteiger partial charge in [0, 0.05) is 61.0 Å². The van der Waals surface area contributed by atoms with E-state index in [4.69, 9.17) is 15.0 Å². The molecule has 0 spiro atoms. The minimum absolute atomic E-state index is 0.580. The lowest BCUT2D eigenvalue weighted by molar-refractivity contribution is 0.953. The highest BCUT2D eigenvalue weighted by molar-refractivity contribution is 6.23. The van der Waals surface area contributed by atoms with Crippen molar-refractivity contribution in [3.05, 3.63) is 194 Å². The lowest BCUT2D eigenvalue weighted by atomic mass is 10.0. The SMILES string of the molecule is c1ccc(-c2nc(-c3ccccc3)nc(-n3c4ccccc4c4cc(-n5c6ccccc6c6ccc7c8ccn(-c9ccccc9)c8ccc7c65)ccc43)n2)cc1. The number of benzene rings is 8. The summed E-state index contributed by atoms with van der Waals surface area (Å²) in [5, 5.41) is 8.40. The van der Waals surface area contributed by atoms with Crippen molar-refractivity contribution in [3.8, 4) is 40.1 Å². The maximum absolute atomic E-state index is 5.14. The van der Waals surface area contributed by atoms with Crippen molar-refractivity contribution < 1.29 is 0 Å². The number of hydrogen-bond donors (Lipinski definition) is 0. The first kappa shape index (κ1) is 31.5. The van der Waals surface area contributed by atoms with E-state index in [-0.39, 0.29) is 0 Å². The molecule has 12 rings (SSSR count). The molecule has 12 aromatic rings. The van der Waals surface area contributed by atoms with Crippen LogP contribution in [0, 0.1) is 0 Å². The summed E-state index contributed by atoms with van der Waals surface area (Å²) in [6, 6.07) is 66.3. The first-order valence-electron chi connectivity index (χ1n) is 19.2. The molecule has 0 bridgehead atoms. The van der Waals surface area contributed by atoms with E-state index < -0.39 is 0 Å².